The van der Waals surface area contributed by atoms with Gasteiger partial charge in [-0.05, 0) is 43.7 Å². The van der Waals surface area contributed by atoms with Crippen molar-refractivity contribution in [3.05, 3.63) is 58.6 Å². The number of piperidine rings is 1. The second-order valence-corrected chi connectivity index (χ2v) is 8.10. The van der Waals surface area contributed by atoms with E-state index in [9.17, 15) is 9.59 Å². The van der Waals surface area contributed by atoms with Gasteiger partial charge in [-0.2, -0.15) is 0 Å². The summed E-state index contributed by atoms with van der Waals surface area (Å²) in [6.45, 7) is 2.71. The lowest BCUT2D eigenvalue weighted by molar-refractivity contribution is 0.0300. The Balaban J connectivity index is 1.28. The van der Waals surface area contributed by atoms with Crippen LogP contribution in [0.5, 0.6) is 11.5 Å². The highest BCUT2D eigenvalue weighted by Gasteiger charge is 2.42. The van der Waals surface area contributed by atoms with E-state index in [4.69, 9.17) is 21.1 Å². The molecule has 0 radical (unpaired) electrons. The van der Waals surface area contributed by atoms with E-state index < -0.39 is 0 Å². The van der Waals surface area contributed by atoms with Crippen LogP contribution in [-0.4, -0.2) is 60.0 Å². The monoisotopic (exact) mass is 412 g/mol. The average Bonchev–Trinajstić information content (AvgIpc) is 2.99. The van der Waals surface area contributed by atoms with Gasteiger partial charge < -0.3 is 9.47 Å². The van der Waals surface area contributed by atoms with E-state index in [1.807, 2.05) is 24.3 Å². The number of fused-ring (bicyclic) bond motifs is 2. The van der Waals surface area contributed by atoms with Crippen LogP contribution in [0.15, 0.2) is 42.5 Å². The highest BCUT2D eigenvalue weighted by atomic mass is 35.5. The number of hydrogen-bond acceptors (Lipinski definition) is 5. The number of nitrogens with zero attached hydrogens (tertiary/aromatic N) is 2. The van der Waals surface area contributed by atoms with Crippen LogP contribution < -0.4 is 9.47 Å². The highest BCUT2D eigenvalue weighted by molar-refractivity contribution is 6.37. The van der Waals surface area contributed by atoms with Crippen LogP contribution in [-0.2, 0) is 0 Å². The quantitative estimate of drug-likeness (QED) is 0.724. The minimum atomic E-state index is -0.284. The highest BCUT2D eigenvalue weighted by Crippen LogP contribution is 2.33. The molecule has 0 N–H and O–H groups in total. The number of likely N-dealkylation sites (tertiary alicyclic amines) is 1. The van der Waals surface area contributed by atoms with Crippen LogP contribution in [0.4, 0.5) is 0 Å². The molecule has 3 heterocycles. The predicted molar refractivity (Wildman–Crippen MR) is 108 cm³/mol. The summed E-state index contributed by atoms with van der Waals surface area (Å²) in [5.41, 5.74) is 0.733. The van der Waals surface area contributed by atoms with Crippen molar-refractivity contribution in [3.8, 4) is 11.5 Å². The molecule has 3 aliphatic rings. The first-order chi connectivity index (χ1) is 14.1. The fraction of sp³-hybridized carbons (Fsp3) is 0.364. The summed E-state index contributed by atoms with van der Waals surface area (Å²) < 4.78 is 11.9. The number of halogens is 1. The van der Waals surface area contributed by atoms with Crippen molar-refractivity contribution < 1.29 is 19.1 Å². The Morgan fingerprint density at radius 3 is 2.69 bits per heavy atom. The molecule has 0 aliphatic carbocycles. The van der Waals surface area contributed by atoms with Gasteiger partial charge in [-0.3, -0.25) is 19.4 Å². The van der Waals surface area contributed by atoms with E-state index in [-0.39, 0.29) is 24.0 Å². The maximum absolute atomic E-state index is 12.9. The van der Waals surface area contributed by atoms with Gasteiger partial charge >= 0.3 is 0 Å². The van der Waals surface area contributed by atoms with Crippen molar-refractivity contribution in [2.24, 2.45) is 0 Å². The number of hydrogen-bond donors (Lipinski definition) is 0. The molecule has 2 aromatic rings. The van der Waals surface area contributed by atoms with Crippen molar-refractivity contribution in [3.63, 3.8) is 0 Å². The van der Waals surface area contributed by atoms with Gasteiger partial charge in [0.1, 0.15) is 12.7 Å². The molecular weight excluding hydrogens is 392 g/mol. The average molecular weight is 413 g/mol. The fourth-order valence-electron chi connectivity index (χ4n) is 4.44. The van der Waals surface area contributed by atoms with Gasteiger partial charge in [0.25, 0.3) is 11.8 Å². The van der Waals surface area contributed by atoms with Crippen LogP contribution in [0.25, 0.3) is 0 Å². The van der Waals surface area contributed by atoms with E-state index in [0.29, 0.717) is 35.8 Å². The van der Waals surface area contributed by atoms with E-state index >= 15 is 0 Å². The van der Waals surface area contributed by atoms with Gasteiger partial charge in [-0.25, -0.2) is 0 Å². The molecule has 5 rings (SSSR count). The van der Waals surface area contributed by atoms with Crippen LogP contribution in [0.2, 0.25) is 5.02 Å². The molecule has 7 heteroatoms. The van der Waals surface area contributed by atoms with E-state index in [2.05, 4.69) is 4.90 Å². The number of rotatable bonds is 3. The molecule has 2 atom stereocenters. The minimum absolute atomic E-state index is 0.0831. The normalized spacial score (nSPS) is 24.0. The Kier molecular flexibility index (Phi) is 4.68. The third kappa shape index (κ3) is 3.26. The summed E-state index contributed by atoms with van der Waals surface area (Å²) in [4.78, 5) is 29.4. The second-order valence-electron chi connectivity index (χ2n) is 7.70. The standard InChI is InChI=1S/C22H21ClN2O4/c23-17-7-3-6-16-20(17)22(27)25(21(16)26)14-5-4-10-24(11-14)12-15-13-28-18-8-1-2-9-19(18)29-15/h1-3,6-9,14-15H,4-5,10-13H2/t14-,15-/m0/s1. The number of para-hydroxylation sites is 2. The zero-order valence-electron chi connectivity index (χ0n) is 15.8. The summed E-state index contributed by atoms with van der Waals surface area (Å²) in [5, 5.41) is 0.336. The second kappa shape index (κ2) is 7.35. The predicted octanol–water partition coefficient (Wildman–Crippen LogP) is 3.24. The zero-order chi connectivity index (χ0) is 20.0. The smallest absolute Gasteiger partial charge is 0.263 e. The van der Waals surface area contributed by atoms with Crippen molar-refractivity contribution in [2.45, 2.75) is 25.0 Å². The lowest BCUT2D eigenvalue weighted by Crippen LogP contribution is -2.52. The molecule has 0 bridgehead atoms. The first-order valence-electron chi connectivity index (χ1n) is 9.89. The molecule has 0 unspecified atom stereocenters. The molecule has 150 valence electrons. The Morgan fingerprint density at radius 2 is 1.86 bits per heavy atom. The first kappa shape index (κ1) is 18.5. The summed E-state index contributed by atoms with van der Waals surface area (Å²) in [6.07, 6.45) is 1.63. The summed E-state index contributed by atoms with van der Waals surface area (Å²) in [7, 11) is 0. The topological polar surface area (TPSA) is 59.1 Å². The lowest BCUT2D eigenvalue weighted by Gasteiger charge is -2.38. The van der Waals surface area contributed by atoms with Gasteiger partial charge in [0, 0.05) is 13.1 Å². The Labute approximate surface area is 173 Å². The van der Waals surface area contributed by atoms with E-state index in [1.54, 1.807) is 18.2 Å². The first-order valence-corrected chi connectivity index (χ1v) is 10.3. The molecule has 1 fully saturated rings. The van der Waals surface area contributed by atoms with Crippen molar-refractivity contribution >= 4 is 23.4 Å². The maximum atomic E-state index is 12.9. The number of amides is 2. The molecule has 3 aliphatic heterocycles. The van der Waals surface area contributed by atoms with Gasteiger partial charge in [-0.15, -0.1) is 0 Å². The summed E-state index contributed by atoms with van der Waals surface area (Å²) in [5.74, 6) is 0.995. The summed E-state index contributed by atoms with van der Waals surface area (Å²) in [6, 6.07) is 12.5. The van der Waals surface area contributed by atoms with Crippen LogP contribution in [0.3, 0.4) is 0 Å². The van der Waals surface area contributed by atoms with Crippen LogP contribution >= 0.6 is 11.6 Å². The van der Waals surface area contributed by atoms with Gasteiger partial charge in [-0.1, -0.05) is 29.8 Å². The third-order valence-corrected chi connectivity index (χ3v) is 6.09. The summed E-state index contributed by atoms with van der Waals surface area (Å²) >= 11 is 6.19. The molecule has 0 aromatic heterocycles. The Hall–Kier alpha value is -2.57. The number of ether oxygens (including phenoxy) is 2. The van der Waals surface area contributed by atoms with Gasteiger partial charge in [0.15, 0.2) is 11.5 Å². The lowest BCUT2D eigenvalue weighted by atomic mass is 10.0. The van der Waals surface area contributed by atoms with Gasteiger partial charge in [0.2, 0.25) is 0 Å². The molecule has 2 aromatic carbocycles. The fourth-order valence-corrected chi connectivity index (χ4v) is 4.70. The number of benzene rings is 2. The third-order valence-electron chi connectivity index (χ3n) is 5.77. The van der Waals surface area contributed by atoms with Crippen molar-refractivity contribution in [1.82, 2.24) is 9.80 Å². The van der Waals surface area contributed by atoms with Crippen molar-refractivity contribution in [2.75, 3.05) is 26.2 Å². The minimum Gasteiger partial charge on any atom is -0.486 e. The maximum Gasteiger partial charge on any atom is 0.263 e. The molecular formula is C22H21ClN2O4. The largest absolute Gasteiger partial charge is 0.486 e. The van der Waals surface area contributed by atoms with E-state index in [1.165, 1.54) is 4.90 Å². The van der Waals surface area contributed by atoms with Gasteiger partial charge in [0.05, 0.1) is 22.2 Å². The van der Waals surface area contributed by atoms with E-state index in [0.717, 1.165) is 30.9 Å². The Morgan fingerprint density at radius 1 is 1.03 bits per heavy atom. The van der Waals surface area contributed by atoms with Crippen molar-refractivity contribution in [1.29, 1.82) is 0 Å². The van der Waals surface area contributed by atoms with Crippen LogP contribution in [0, 0.1) is 0 Å². The molecule has 6 nitrogen and oxygen atoms in total. The zero-order valence-corrected chi connectivity index (χ0v) is 16.6. The molecule has 1 saturated heterocycles. The molecule has 2 amide bonds. The SMILES string of the molecule is O=C1c2cccc(Cl)c2C(=O)N1[C@H]1CCCN(C[C@H]2COc3ccccc3O2)C1. The number of carbonyl (C=O) groups excluding carboxylic acids is 2. The molecule has 29 heavy (non-hydrogen) atoms. The molecule has 0 spiro atoms. The Bertz CT molecular complexity index is 979. The van der Waals surface area contributed by atoms with Crippen LogP contribution in [0.1, 0.15) is 33.6 Å². The number of carbonyl (C=O) groups is 2. The number of imide groups is 1. The molecule has 0 saturated carbocycles.